The van der Waals surface area contributed by atoms with Crippen LogP contribution in [0.5, 0.6) is 0 Å². The molecule has 2 amide bonds. The molecule has 2 heterocycles. The van der Waals surface area contributed by atoms with Crippen molar-refractivity contribution in [1.82, 2.24) is 15.2 Å². The van der Waals surface area contributed by atoms with Crippen molar-refractivity contribution >= 4 is 17.6 Å². The number of carbonyl (C=O) groups is 2. The number of nitrogens with one attached hydrogen (secondary N) is 1. The van der Waals surface area contributed by atoms with Crippen molar-refractivity contribution in [2.24, 2.45) is 17.8 Å². The molecule has 0 radical (unpaired) electrons. The number of hydrogen-bond acceptors (Lipinski definition) is 6. The van der Waals surface area contributed by atoms with Crippen molar-refractivity contribution in [2.45, 2.75) is 56.7 Å². The number of aliphatic hydroxyl groups excluding tert-OH is 1. The Hall–Kier alpha value is -2.19. The number of hydrogen-bond donors (Lipinski definition) is 3. The van der Waals surface area contributed by atoms with Crippen molar-refractivity contribution in [3.05, 3.63) is 23.9 Å². The van der Waals surface area contributed by atoms with E-state index < -0.39 is 12.2 Å². The van der Waals surface area contributed by atoms with E-state index in [-0.39, 0.29) is 23.9 Å². The summed E-state index contributed by atoms with van der Waals surface area (Å²) in [5.41, 5.74) is -0.0999. The summed E-state index contributed by atoms with van der Waals surface area (Å²) in [4.78, 5) is 33.3. The molecule has 0 aromatic carbocycles. The van der Waals surface area contributed by atoms with E-state index in [9.17, 15) is 14.7 Å². The Morgan fingerprint density at radius 3 is 2.58 bits per heavy atom. The topological polar surface area (TPSA) is 106 Å². The monoisotopic (exact) mass is 428 g/mol. The third-order valence-corrected chi connectivity index (χ3v) is 7.92. The maximum absolute atomic E-state index is 13.1. The first-order valence-electron chi connectivity index (χ1n) is 11.5. The van der Waals surface area contributed by atoms with Gasteiger partial charge in [-0.05, 0) is 68.9 Å². The summed E-state index contributed by atoms with van der Waals surface area (Å²) >= 11 is 0. The standard InChI is InChI=1S/C23H32N4O4/c1-14-12-26(20(29)13-28)5-6-27(14)19-4-2-3-18(24-19)22(30)25-21-16-7-15-8-17(21)11-23(31,9-15)10-16/h2-4,14-17,21,28,31H,5-13H2,1H3,(H,25,30)/t14-,15?,16?,17?,21-,23-/m1/s1. The molecule has 4 saturated carbocycles. The van der Waals surface area contributed by atoms with Gasteiger partial charge in [0.2, 0.25) is 5.91 Å². The Morgan fingerprint density at radius 2 is 1.94 bits per heavy atom. The molecular weight excluding hydrogens is 396 g/mol. The van der Waals surface area contributed by atoms with Gasteiger partial charge in [0.05, 0.1) is 5.60 Å². The van der Waals surface area contributed by atoms with Crippen LogP contribution in [0, 0.1) is 17.8 Å². The van der Waals surface area contributed by atoms with Gasteiger partial charge in [0.15, 0.2) is 0 Å². The fourth-order valence-electron chi connectivity index (χ4n) is 6.78. The SMILES string of the molecule is C[C@@H]1CN(C(=O)CO)CCN1c1cccc(C(=O)N[C@H]2C3CC4CC2C[C@](O)(C4)C3)n1. The van der Waals surface area contributed by atoms with E-state index in [0.717, 1.165) is 37.9 Å². The Balaban J connectivity index is 1.26. The van der Waals surface area contributed by atoms with E-state index in [0.29, 0.717) is 43.1 Å². The minimum absolute atomic E-state index is 0.0419. The predicted octanol–water partition coefficient (Wildman–Crippen LogP) is 0.780. The van der Waals surface area contributed by atoms with Gasteiger partial charge in [-0.1, -0.05) is 6.07 Å². The van der Waals surface area contributed by atoms with Crippen molar-refractivity contribution in [2.75, 3.05) is 31.1 Å². The first kappa shape index (κ1) is 20.7. The minimum Gasteiger partial charge on any atom is -0.390 e. The molecule has 4 aliphatic carbocycles. The lowest BCUT2D eigenvalue weighted by atomic mass is 9.52. The number of piperazine rings is 1. The molecular formula is C23H32N4O4. The number of anilines is 1. The molecule has 31 heavy (non-hydrogen) atoms. The number of aliphatic hydroxyl groups is 2. The van der Waals surface area contributed by atoms with Gasteiger partial charge in [-0.15, -0.1) is 0 Å². The van der Waals surface area contributed by atoms with E-state index in [1.165, 1.54) is 0 Å². The zero-order chi connectivity index (χ0) is 21.8. The molecule has 5 aliphatic rings. The van der Waals surface area contributed by atoms with Crippen LogP contribution in [-0.2, 0) is 4.79 Å². The van der Waals surface area contributed by atoms with Crippen LogP contribution in [0.15, 0.2) is 18.2 Å². The zero-order valence-corrected chi connectivity index (χ0v) is 18.0. The van der Waals surface area contributed by atoms with Gasteiger partial charge in [-0.3, -0.25) is 9.59 Å². The molecule has 3 N–H and O–H groups in total. The van der Waals surface area contributed by atoms with Crippen molar-refractivity contribution in [3.63, 3.8) is 0 Å². The summed E-state index contributed by atoms with van der Waals surface area (Å²) in [5, 5.41) is 23.1. The highest BCUT2D eigenvalue weighted by molar-refractivity contribution is 5.93. The molecule has 168 valence electrons. The summed E-state index contributed by atoms with van der Waals surface area (Å²) in [5.74, 6) is 1.66. The highest BCUT2D eigenvalue weighted by Gasteiger charge is 2.55. The molecule has 8 heteroatoms. The van der Waals surface area contributed by atoms with E-state index in [1.807, 2.05) is 19.1 Å². The van der Waals surface area contributed by atoms with Crippen LogP contribution >= 0.6 is 0 Å². The Labute approximate surface area is 182 Å². The number of pyridine rings is 1. The molecule has 1 saturated heterocycles. The van der Waals surface area contributed by atoms with Gasteiger partial charge < -0.3 is 25.3 Å². The van der Waals surface area contributed by atoms with Crippen LogP contribution in [0.1, 0.15) is 49.5 Å². The lowest BCUT2D eigenvalue weighted by Crippen LogP contribution is -2.61. The third kappa shape index (κ3) is 3.80. The molecule has 8 nitrogen and oxygen atoms in total. The van der Waals surface area contributed by atoms with Gasteiger partial charge in [-0.2, -0.15) is 0 Å². The lowest BCUT2D eigenvalue weighted by Gasteiger charge is -2.58. The number of rotatable bonds is 4. The second kappa shape index (κ2) is 7.74. The highest BCUT2D eigenvalue weighted by atomic mass is 16.3. The largest absolute Gasteiger partial charge is 0.390 e. The smallest absolute Gasteiger partial charge is 0.270 e. The Bertz CT molecular complexity index is 861. The maximum atomic E-state index is 13.1. The Morgan fingerprint density at radius 1 is 1.19 bits per heavy atom. The van der Waals surface area contributed by atoms with Gasteiger partial charge in [0, 0.05) is 31.7 Å². The van der Waals surface area contributed by atoms with E-state index in [1.54, 1.807) is 11.0 Å². The van der Waals surface area contributed by atoms with E-state index in [2.05, 4.69) is 15.2 Å². The molecule has 6 rings (SSSR count). The van der Waals surface area contributed by atoms with Gasteiger partial charge >= 0.3 is 0 Å². The first-order chi connectivity index (χ1) is 14.8. The number of amides is 2. The number of carbonyl (C=O) groups excluding carboxylic acids is 2. The van der Waals surface area contributed by atoms with Crippen molar-refractivity contribution in [1.29, 1.82) is 0 Å². The summed E-state index contributed by atoms with van der Waals surface area (Å²) in [7, 11) is 0. The molecule has 0 spiro atoms. The van der Waals surface area contributed by atoms with Gasteiger partial charge in [0.1, 0.15) is 18.1 Å². The van der Waals surface area contributed by atoms with Crippen molar-refractivity contribution < 1.29 is 19.8 Å². The summed E-state index contributed by atoms with van der Waals surface area (Å²) in [6.07, 6.45) is 4.73. The average Bonchev–Trinajstić information content (AvgIpc) is 2.74. The van der Waals surface area contributed by atoms with E-state index in [4.69, 9.17) is 5.11 Å². The van der Waals surface area contributed by atoms with E-state index >= 15 is 0 Å². The summed E-state index contributed by atoms with van der Waals surface area (Å²) in [6, 6.07) is 5.67. The minimum atomic E-state index is -0.508. The van der Waals surface area contributed by atoms with Crippen LogP contribution in [0.4, 0.5) is 5.82 Å². The summed E-state index contributed by atoms with van der Waals surface area (Å²) in [6.45, 7) is 3.20. The highest BCUT2D eigenvalue weighted by Crippen LogP contribution is 2.55. The third-order valence-electron chi connectivity index (χ3n) is 7.92. The second-order valence-corrected chi connectivity index (χ2v) is 10.1. The predicted molar refractivity (Wildman–Crippen MR) is 114 cm³/mol. The van der Waals surface area contributed by atoms with Gasteiger partial charge in [-0.25, -0.2) is 4.98 Å². The molecule has 3 atom stereocenters. The molecule has 5 fully saturated rings. The second-order valence-electron chi connectivity index (χ2n) is 10.1. The zero-order valence-electron chi connectivity index (χ0n) is 18.0. The normalized spacial score (nSPS) is 36.5. The van der Waals surface area contributed by atoms with Crippen LogP contribution in [-0.4, -0.2) is 75.8 Å². The summed E-state index contributed by atoms with van der Waals surface area (Å²) < 4.78 is 0. The fourth-order valence-corrected chi connectivity index (χ4v) is 6.78. The van der Waals surface area contributed by atoms with Crippen LogP contribution in [0.25, 0.3) is 0 Å². The van der Waals surface area contributed by atoms with Crippen LogP contribution < -0.4 is 10.2 Å². The number of aromatic nitrogens is 1. The Kier molecular flexibility index (Phi) is 5.17. The quantitative estimate of drug-likeness (QED) is 0.655. The number of nitrogens with zero attached hydrogens (tertiary/aromatic N) is 3. The van der Waals surface area contributed by atoms with Gasteiger partial charge in [0.25, 0.3) is 5.91 Å². The molecule has 1 aromatic heterocycles. The van der Waals surface area contributed by atoms with Crippen LogP contribution in [0.2, 0.25) is 0 Å². The first-order valence-corrected chi connectivity index (χ1v) is 11.5. The lowest BCUT2D eigenvalue weighted by molar-refractivity contribution is -0.137. The molecule has 2 unspecified atom stereocenters. The average molecular weight is 429 g/mol. The molecule has 4 bridgehead atoms. The van der Waals surface area contributed by atoms with Crippen molar-refractivity contribution in [3.8, 4) is 0 Å². The molecule has 1 aromatic rings. The molecule has 1 aliphatic heterocycles. The fraction of sp³-hybridized carbons (Fsp3) is 0.696. The van der Waals surface area contributed by atoms with Crippen LogP contribution in [0.3, 0.4) is 0 Å². The maximum Gasteiger partial charge on any atom is 0.270 e.